The Hall–Kier alpha value is -1.42. The van der Waals surface area contributed by atoms with E-state index in [1.54, 1.807) is 0 Å². The van der Waals surface area contributed by atoms with Gasteiger partial charge < -0.3 is 15.3 Å². The van der Waals surface area contributed by atoms with Gasteiger partial charge in [-0.3, -0.25) is 0 Å². The molecule has 3 saturated carbocycles. The zero-order valence-electron chi connectivity index (χ0n) is 21.3. The molecule has 0 radical (unpaired) electrons. The van der Waals surface area contributed by atoms with Gasteiger partial charge in [0.05, 0.1) is 17.8 Å². The minimum atomic E-state index is -0.689. The summed E-state index contributed by atoms with van der Waals surface area (Å²) in [7, 11) is 0. The van der Waals surface area contributed by atoms with Crippen molar-refractivity contribution in [2.24, 2.45) is 23.2 Å². The molecule has 3 aliphatic carbocycles. The predicted octanol–water partition coefficient (Wildman–Crippen LogP) is 6.43. The van der Waals surface area contributed by atoms with Gasteiger partial charge >= 0.3 is 0 Å². The minimum Gasteiger partial charge on any atom is -0.393 e. The molecular formula is C30H46O3. The van der Waals surface area contributed by atoms with Crippen molar-refractivity contribution < 1.29 is 15.3 Å². The quantitative estimate of drug-likeness (QED) is 0.389. The third kappa shape index (κ3) is 5.81. The molecule has 6 atom stereocenters. The second-order valence-electron chi connectivity index (χ2n) is 11.1. The molecule has 0 saturated heterocycles. The molecule has 0 unspecified atom stereocenters. The average Bonchev–Trinajstić information content (AvgIpc) is 3.15. The van der Waals surface area contributed by atoms with Crippen LogP contribution in [0.25, 0.3) is 0 Å². The smallest absolute Gasteiger partial charge is 0.0825 e. The summed E-state index contributed by atoms with van der Waals surface area (Å²) in [6.07, 6.45) is 20.3. The summed E-state index contributed by atoms with van der Waals surface area (Å²) in [5, 5.41) is 30.7. The van der Waals surface area contributed by atoms with Crippen molar-refractivity contribution >= 4 is 0 Å². The molecule has 0 bridgehead atoms. The Kier molecular flexibility index (Phi) is 8.64. The maximum absolute atomic E-state index is 10.5. The molecule has 0 aromatic heterocycles. The summed E-state index contributed by atoms with van der Waals surface area (Å²) in [5.74, 6) is 1.77. The molecule has 3 aliphatic rings. The number of hydrogen-bond acceptors (Lipinski definition) is 3. The van der Waals surface area contributed by atoms with E-state index >= 15 is 0 Å². The van der Waals surface area contributed by atoms with Crippen LogP contribution in [0.3, 0.4) is 0 Å². The lowest BCUT2D eigenvalue weighted by Gasteiger charge is -2.44. The fraction of sp³-hybridized carbons (Fsp3) is 0.667. The van der Waals surface area contributed by atoms with Gasteiger partial charge in [-0.05, 0) is 85.7 Å². The van der Waals surface area contributed by atoms with Crippen molar-refractivity contribution in [1.82, 2.24) is 0 Å². The van der Waals surface area contributed by atoms with E-state index in [2.05, 4.69) is 44.7 Å². The van der Waals surface area contributed by atoms with E-state index in [4.69, 9.17) is 0 Å². The van der Waals surface area contributed by atoms with E-state index in [-0.39, 0.29) is 0 Å². The summed E-state index contributed by atoms with van der Waals surface area (Å²) >= 11 is 0. The van der Waals surface area contributed by atoms with Crippen LogP contribution in [-0.4, -0.2) is 33.1 Å². The zero-order chi connectivity index (χ0) is 24.2. The van der Waals surface area contributed by atoms with Crippen molar-refractivity contribution in [2.45, 2.75) is 103 Å². The molecule has 0 aliphatic heterocycles. The van der Waals surface area contributed by atoms with Crippen molar-refractivity contribution in [3.63, 3.8) is 0 Å². The molecule has 3 heteroatoms. The molecule has 0 spiro atoms. The normalized spacial score (nSPS) is 36.9. The standard InChI is InChI=1S/C30H46O3/c1-6-30(33,7-2)18-9-8-11-21(3)26-15-16-27-23(12-10-17-29(26,27)5)13-14-24-19-25(31)20-28(32)22(24)4/h8-9,11,13-14,18,21,25-28,31-33H,4,6-7,10,12,15-17,19-20H2,1-3,5H3/t21-,25+,26+,27-,28-,29+/m0/s1. The first-order valence-electron chi connectivity index (χ1n) is 13.2. The topological polar surface area (TPSA) is 60.7 Å². The van der Waals surface area contributed by atoms with Gasteiger partial charge in [0.2, 0.25) is 0 Å². The Bertz CT molecular complexity index is 812. The number of fused-ring (bicyclic) bond motifs is 1. The first-order chi connectivity index (χ1) is 15.6. The van der Waals surface area contributed by atoms with Crippen LogP contribution >= 0.6 is 0 Å². The zero-order valence-corrected chi connectivity index (χ0v) is 21.3. The minimum absolute atomic E-state index is 0.312. The number of aliphatic hydroxyl groups is 3. The highest BCUT2D eigenvalue weighted by Gasteiger charge is 2.50. The second kappa shape index (κ2) is 10.9. The fourth-order valence-electron chi connectivity index (χ4n) is 6.70. The molecule has 184 valence electrons. The second-order valence-corrected chi connectivity index (χ2v) is 11.1. The molecule has 3 rings (SSSR count). The summed E-state index contributed by atoms with van der Waals surface area (Å²) < 4.78 is 0. The van der Waals surface area contributed by atoms with Gasteiger partial charge in [0.1, 0.15) is 0 Å². The predicted molar refractivity (Wildman–Crippen MR) is 138 cm³/mol. The van der Waals surface area contributed by atoms with Crippen LogP contribution in [0.4, 0.5) is 0 Å². The number of hydrogen-bond donors (Lipinski definition) is 3. The van der Waals surface area contributed by atoms with Crippen LogP contribution in [0.2, 0.25) is 0 Å². The molecule has 0 aromatic rings. The highest BCUT2D eigenvalue weighted by Crippen LogP contribution is 2.59. The van der Waals surface area contributed by atoms with Crippen LogP contribution in [-0.2, 0) is 0 Å². The molecule has 33 heavy (non-hydrogen) atoms. The molecule has 3 nitrogen and oxygen atoms in total. The van der Waals surface area contributed by atoms with Gasteiger partial charge in [-0.15, -0.1) is 0 Å². The van der Waals surface area contributed by atoms with Gasteiger partial charge in [0.25, 0.3) is 0 Å². The van der Waals surface area contributed by atoms with E-state index < -0.39 is 17.8 Å². The van der Waals surface area contributed by atoms with Crippen molar-refractivity contribution in [3.8, 4) is 0 Å². The molecule has 0 aromatic carbocycles. The van der Waals surface area contributed by atoms with E-state index in [1.165, 1.54) is 31.3 Å². The van der Waals surface area contributed by atoms with E-state index in [1.807, 2.05) is 26.0 Å². The SMILES string of the molecule is C=C1C(=CC=C2CCC[C@]3(C)[C@@H]([C@@H](C)C=CC=CC(O)(CC)CC)CC[C@@H]23)C[C@@H](O)C[C@@H]1O. The molecule has 0 amide bonds. The third-order valence-electron chi connectivity index (χ3n) is 9.09. The number of rotatable bonds is 7. The lowest BCUT2D eigenvalue weighted by Crippen LogP contribution is -2.35. The summed E-state index contributed by atoms with van der Waals surface area (Å²) in [6, 6.07) is 0. The van der Waals surface area contributed by atoms with Gasteiger partial charge in [-0.1, -0.05) is 76.3 Å². The first-order valence-corrected chi connectivity index (χ1v) is 13.2. The van der Waals surface area contributed by atoms with Gasteiger partial charge in [-0.2, -0.15) is 0 Å². The third-order valence-corrected chi connectivity index (χ3v) is 9.09. The van der Waals surface area contributed by atoms with Crippen LogP contribution < -0.4 is 0 Å². The summed E-state index contributed by atoms with van der Waals surface area (Å²) in [6.45, 7) is 13.0. The fourth-order valence-corrected chi connectivity index (χ4v) is 6.70. The number of aliphatic hydroxyl groups excluding tert-OH is 2. The molecule has 0 heterocycles. The van der Waals surface area contributed by atoms with E-state index in [0.717, 1.165) is 30.4 Å². The Labute approximate surface area is 201 Å². The maximum atomic E-state index is 10.5. The Balaban J connectivity index is 1.72. The highest BCUT2D eigenvalue weighted by molar-refractivity contribution is 5.38. The van der Waals surface area contributed by atoms with Crippen LogP contribution in [0.15, 0.2) is 59.8 Å². The summed E-state index contributed by atoms with van der Waals surface area (Å²) in [4.78, 5) is 0. The van der Waals surface area contributed by atoms with E-state index in [0.29, 0.717) is 36.0 Å². The largest absolute Gasteiger partial charge is 0.393 e. The van der Waals surface area contributed by atoms with Crippen LogP contribution in [0, 0.1) is 23.2 Å². The number of allylic oxidation sites excluding steroid dienone is 6. The van der Waals surface area contributed by atoms with Crippen molar-refractivity contribution in [3.05, 3.63) is 59.8 Å². The van der Waals surface area contributed by atoms with Gasteiger partial charge in [0, 0.05) is 6.42 Å². The van der Waals surface area contributed by atoms with Crippen LogP contribution in [0.5, 0.6) is 0 Å². The molecule has 3 N–H and O–H groups in total. The Morgan fingerprint density at radius 1 is 1.15 bits per heavy atom. The molecule has 3 fully saturated rings. The van der Waals surface area contributed by atoms with Crippen LogP contribution in [0.1, 0.15) is 85.5 Å². The molecular weight excluding hydrogens is 408 g/mol. The van der Waals surface area contributed by atoms with E-state index in [9.17, 15) is 15.3 Å². The summed E-state index contributed by atoms with van der Waals surface area (Å²) in [5.41, 5.74) is 2.92. The first kappa shape index (κ1) is 26.2. The Morgan fingerprint density at radius 2 is 1.88 bits per heavy atom. The lowest BCUT2D eigenvalue weighted by molar-refractivity contribution is 0.0827. The highest BCUT2D eigenvalue weighted by atomic mass is 16.3. The van der Waals surface area contributed by atoms with Gasteiger partial charge in [0.15, 0.2) is 0 Å². The van der Waals surface area contributed by atoms with Crippen molar-refractivity contribution in [1.29, 1.82) is 0 Å². The van der Waals surface area contributed by atoms with Crippen molar-refractivity contribution in [2.75, 3.05) is 0 Å². The monoisotopic (exact) mass is 454 g/mol. The maximum Gasteiger partial charge on any atom is 0.0825 e. The Morgan fingerprint density at radius 3 is 2.58 bits per heavy atom. The lowest BCUT2D eigenvalue weighted by atomic mass is 9.61. The average molecular weight is 455 g/mol. The van der Waals surface area contributed by atoms with Gasteiger partial charge in [-0.25, -0.2) is 0 Å².